The first-order chi connectivity index (χ1) is 14.1. The number of carbonyl (C=O) groups is 1. The van der Waals surface area contributed by atoms with E-state index >= 15 is 0 Å². The van der Waals surface area contributed by atoms with E-state index in [0.717, 1.165) is 49.8 Å². The molecule has 2 aromatic rings. The molecule has 2 aliphatic rings. The van der Waals surface area contributed by atoms with Gasteiger partial charge in [0, 0.05) is 6.54 Å². The molecule has 1 aliphatic heterocycles. The van der Waals surface area contributed by atoms with E-state index in [1.165, 1.54) is 12.1 Å². The van der Waals surface area contributed by atoms with E-state index in [2.05, 4.69) is 5.32 Å². The maximum absolute atomic E-state index is 14.3. The van der Waals surface area contributed by atoms with Gasteiger partial charge in [-0.05, 0) is 42.6 Å². The van der Waals surface area contributed by atoms with Crippen LogP contribution < -0.4 is 10.2 Å². The van der Waals surface area contributed by atoms with Crippen LogP contribution in [0.5, 0.6) is 0 Å². The van der Waals surface area contributed by atoms with Gasteiger partial charge in [-0.2, -0.15) is 0 Å². The highest BCUT2D eigenvalue weighted by Crippen LogP contribution is 2.52. The maximum atomic E-state index is 14.3. The number of nitrogens with one attached hydrogen (secondary N) is 1. The summed E-state index contributed by atoms with van der Waals surface area (Å²) in [5.74, 6) is -0.357. The van der Waals surface area contributed by atoms with Crippen molar-refractivity contribution in [3.8, 4) is 0 Å². The first-order valence-corrected chi connectivity index (χ1v) is 10.7. The molecule has 1 heterocycles. The van der Waals surface area contributed by atoms with Gasteiger partial charge in [-0.15, -0.1) is 0 Å². The standard InChI is InChI=1S/C24H29FN2O2/c1-2-26-16-21(28)22(17-9-5-3-6-10-17)27-20-15-18(25)11-12-19(20)24(23(27)29)13-7-4-8-14-24/h3,5-6,9-12,15,21-22,26,28H,2,4,7-8,13-14,16H2,1H3/t21-,22+/m1/s1. The molecule has 29 heavy (non-hydrogen) atoms. The molecule has 154 valence electrons. The van der Waals surface area contributed by atoms with Gasteiger partial charge in [0.2, 0.25) is 5.91 Å². The van der Waals surface area contributed by atoms with Crippen molar-refractivity contribution < 1.29 is 14.3 Å². The zero-order valence-electron chi connectivity index (χ0n) is 16.9. The van der Waals surface area contributed by atoms with Crippen molar-refractivity contribution in [2.24, 2.45) is 0 Å². The third-order valence-electron chi connectivity index (χ3n) is 6.46. The fourth-order valence-electron chi connectivity index (χ4n) is 5.08. The molecule has 2 aromatic carbocycles. The molecule has 0 unspecified atom stereocenters. The van der Waals surface area contributed by atoms with Crippen molar-refractivity contribution in [1.82, 2.24) is 5.32 Å². The van der Waals surface area contributed by atoms with Crippen LogP contribution in [0.1, 0.15) is 56.2 Å². The number of nitrogens with zero attached hydrogens (tertiary/aromatic N) is 1. The number of aliphatic hydroxyl groups excluding tert-OH is 1. The Balaban J connectivity index is 1.84. The Morgan fingerprint density at radius 2 is 1.86 bits per heavy atom. The molecule has 1 amide bonds. The van der Waals surface area contributed by atoms with Crippen molar-refractivity contribution in [2.75, 3.05) is 18.0 Å². The summed E-state index contributed by atoms with van der Waals surface area (Å²) in [5.41, 5.74) is 1.79. The predicted octanol–water partition coefficient (Wildman–Crippen LogP) is 4.09. The molecule has 2 atom stereocenters. The summed E-state index contributed by atoms with van der Waals surface area (Å²) in [6.45, 7) is 3.06. The Morgan fingerprint density at radius 3 is 2.55 bits per heavy atom. The third kappa shape index (κ3) is 3.47. The van der Waals surface area contributed by atoms with E-state index in [9.17, 15) is 14.3 Å². The lowest BCUT2D eigenvalue weighted by Crippen LogP contribution is -2.48. The zero-order valence-corrected chi connectivity index (χ0v) is 16.9. The van der Waals surface area contributed by atoms with E-state index in [1.807, 2.05) is 37.3 Å². The zero-order chi connectivity index (χ0) is 20.4. The largest absolute Gasteiger partial charge is 0.389 e. The summed E-state index contributed by atoms with van der Waals surface area (Å²) in [5, 5.41) is 14.3. The van der Waals surface area contributed by atoms with E-state index in [4.69, 9.17) is 0 Å². The summed E-state index contributed by atoms with van der Waals surface area (Å²) in [6, 6.07) is 13.7. The number of anilines is 1. The molecule has 1 aliphatic carbocycles. The average Bonchev–Trinajstić information content (AvgIpc) is 2.96. The smallest absolute Gasteiger partial charge is 0.238 e. The molecule has 1 spiro atoms. The predicted molar refractivity (Wildman–Crippen MR) is 112 cm³/mol. The van der Waals surface area contributed by atoms with Crippen LogP contribution in [0.15, 0.2) is 48.5 Å². The molecule has 0 aromatic heterocycles. The van der Waals surface area contributed by atoms with Gasteiger partial charge < -0.3 is 15.3 Å². The third-order valence-corrected chi connectivity index (χ3v) is 6.46. The topological polar surface area (TPSA) is 52.6 Å². The summed E-state index contributed by atoms with van der Waals surface area (Å²) in [7, 11) is 0. The molecule has 4 nitrogen and oxygen atoms in total. The Bertz CT molecular complexity index is 864. The monoisotopic (exact) mass is 396 g/mol. The second-order valence-corrected chi connectivity index (χ2v) is 8.21. The molecular formula is C24H29FN2O2. The minimum atomic E-state index is -0.809. The van der Waals surface area contributed by atoms with Gasteiger partial charge in [-0.1, -0.05) is 62.6 Å². The van der Waals surface area contributed by atoms with Crippen molar-refractivity contribution in [2.45, 2.75) is 56.6 Å². The molecule has 0 bridgehead atoms. The van der Waals surface area contributed by atoms with Gasteiger partial charge in [-0.25, -0.2) is 4.39 Å². The van der Waals surface area contributed by atoms with Crippen molar-refractivity contribution >= 4 is 11.6 Å². The van der Waals surface area contributed by atoms with Gasteiger partial charge in [-0.3, -0.25) is 4.79 Å². The molecule has 0 radical (unpaired) electrons. The van der Waals surface area contributed by atoms with Gasteiger partial charge in [0.15, 0.2) is 0 Å². The highest BCUT2D eigenvalue weighted by molar-refractivity contribution is 6.08. The Morgan fingerprint density at radius 1 is 1.14 bits per heavy atom. The number of benzene rings is 2. The van der Waals surface area contributed by atoms with Crippen molar-refractivity contribution in [3.05, 3.63) is 65.5 Å². The number of aliphatic hydroxyl groups is 1. The van der Waals surface area contributed by atoms with E-state index in [0.29, 0.717) is 12.2 Å². The lowest BCUT2D eigenvalue weighted by Gasteiger charge is -2.36. The molecule has 4 rings (SSSR count). The molecule has 2 N–H and O–H groups in total. The Hall–Kier alpha value is -2.24. The van der Waals surface area contributed by atoms with Crippen LogP contribution in [-0.4, -0.2) is 30.2 Å². The molecule has 1 saturated carbocycles. The van der Waals surface area contributed by atoms with Crippen LogP contribution in [0, 0.1) is 5.82 Å². The number of hydrogen-bond donors (Lipinski definition) is 2. The molecule has 0 saturated heterocycles. The summed E-state index contributed by atoms with van der Waals surface area (Å²) >= 11 is 0. The SMILES string of the molecule is CCNC[C@@H](O)[C@H](c1ccccc1)N1C(=O)C2(CCCCC2)c2ccc(F)cc21. The van der Waals surface area contributed by atoms with Gasteiger partial charge >= 0.3 is 0 Å². The fraction of sp³-hybridized carbons (Fsp3) is 0.458. The summed E-state index contributed by atoms with van der Waals surface area (Å²) in [4.78, 5) is 15.6. The van der Waals surface area contributed by atoms with E-state index in [1.54, 1.807) is 11.0 Å². The lowest BCUT2D eigenvalue weighted by atomic mass is 9.70. The molecular weight excluding hydrogens is 367 g/mol. The number of rotatable bonds is 6. The second-order valence-electron chi connectivity index (χ2n) is 8.21. The first-order valence-electron chi connectivity index (χ1n) is 10.7. The number of hydrogen-bond acceptors (Lipinski definition) is 3. The van der Waals surface area contributed by atoms with Gasteiger partial charge in [0.25, 0.3) is 0 Å². The second kappa shape index (κ2) is 8.25. The van der Waals surface area contributed by atoms with Gasteiger partial charge in [0.1, 0.15) is 5.82 Å². The maximum Gasteiger partial charge on any atom is 0.238 e. The van der Waals surface area contributed by atoms with Crippen LogP contribution in [-0.2, 0) is 10.2 Å². The molecule has 1 fully saturated rings. The van der Waals surface area contributed by atoms with Crippen LogP contribution in [0.3, 0.4) is 0 Å². The van der Waals surface area contributed by atoms with Crippen LogP contribution in [0.4, 0.5) is 10.1 Å². The number of carbonyl (C=O) groups excluding carboxylic acids is 1. The number of amides is 1. The minimum absolute atomic E-state index is 0.00204. The number of halogens is 1. The van der Waals surface area contributed by atoms with Crippen LogP contribution in [0.2, 0.25) is 0 Å². The highest BCUT2D eigenvalue weighted by atomic mass is 19.1. The lowest BCUT2D eigenvalue weighted by molar-refractivity contribution is -0.125. The van der Waals surface area contributed by atoms with Crippen LogP contribution in [0.25, 0.3) is 0 Å². The minimum Gasteiger partial charge on any atom is -0.389 e. The van der Waals surface area contributed by atoms with Gasteiger partial charge in [0.05, 0.1) is 23.2 Å². The Kier molecular flexibility index (Phi) is 5.70. The fourth-order valence-corrected chi connectivity index (χ4v) is 5.08. The van der Waals surface area contributed by atoms with E-state index < -0.39 is 17.6 Å². The highest BCUT2D eigenvalue weighted by Gasteiger charge is 2.53. The van der Waals surface area contributed by atoms with E-state index in [-0.39, 0.29) is 11.7 Å². The summed E-state index contributed by atoms with van der Waals surface area (Å²) < 4.78 is 14.3. The quantitative estimate of drug-likeness (QED) is 0.773. The van der Waals surface area contributed by atoms with Crippen molar-refractivity contribution in [3.63, 3.8) is 0 Å². The summed E-state index contributed by atoms with van der Waals surface area (Å²) in [6.07, 6.45) is 3.86. The number of likely N-dealkylation sites (N-methyl/N-ethyl adjacent to an activating group) is 1. The van der Waals surface area contributed by atoms with Crippen LogP contribution >= 0.6 is 0 Å². The average molecular weight is 397 g/mol. The first kappa shape index (κ1) is 20.0. The van der Waals surface area contributed by atoms with Crippen molar-refractivity contribution in [1.29, 1.82) is 0 Å². The normalized spacial score (nSPS) is 20.0. The number of fused-ring (bicyclic) bond motifs is 2. The Labute approximate surface area is 171 Å². The molecule has 5 heteroatoms.